The lowest BCUT2D eigenvalue weighted by Crippen LogP contribution is -2.11. The minimum absolute atomic E-state index is 0.411. The molecule has 0 bridgehead atoms. The van der Waals surface area contributed by atoms with Crippen molar-refractivity contribution in [3.63, 3.8) is 0 Å². The Bertz CT molecular complexity index is 793. The number of hydrogen-bond donors (Lipinski definition) is 2. The average Bonchev–Trinajstić information content (AvgIpc) is 2.53. The second-order valence-corrected chi connectivity index (χ2v) is 4.79. The van der Waals surface area contributed by atoms with Crippen LogP contribution >= 0.6 is 0 Å². The average molecular weight is 277 g/mol. The fraction of sp³-hybridized carbons (Fsp3) is 0.0588. The van der Waals surface area contributed by atoms with Gasteiger partial charge in [-0.25, -0.2) is 0 Å². The number of pyridine rings is 1. The molecule has 1 amide bonds. The number of aromatic nitrogens is 1. The van der Waals surface area contributed by atoms with Gasteiger partial charge in [-0.3, -0.25) is 9.78 Å². The van der Waals surface area contributed by atoms with Crippen molar-refractivity contribution in [2.75, 3.05) is 5.32 Å². The molecule has 1 aromatic heterocycles. The minimum atomic E-state index is -0.411. The van der Waals surface area contributed by atoms with Crippen LogP contribution in [0.5, 0.6) is 0 Å². The van der Waals surface area contributed by atoms with Gasteiger partial charge in [-0.05, 0) is 42.0 Å². The van der Waals surface area contributed by atoms with Crippen LogP contribution in [0.1, 0.15) is 15.9 Å². The van der Waals surface area contributed by atoms with E-state index in [1.54, 1.807) is 18.3 Å². The Hall–Kier alpha value is -2.88. The fourth-order valence-corrected chi connectivity index (χ4v) is 2.29. The summed E-state index contributed by atoms with van der Waals surface area (Å²) >= 11 is 0. The van der Waals surface area contributed by atoms with E-state index in [0.29, 0.717) is 12.1 Å². The van der Waals surface area contributed by atoms with E-state index in [1.807, 2.05) is 42.5 Å². The fourth-order valence-electron chi connectivity index (χ4n) is 2.29. The molecule has 4 nitrogen and oxygen atoms in total. The number of amides is 1. The van der Waals surface area contributed by atoms with Crippen LogP contribution in [0.3, 0.4) is 0 Å². The van der Waals surface area contributed by atoms with Crippen LogP contribution in [0, 0.1) is 0 Å². The van der Waals surface area contributed by atoms with E-state index in [4.69, 9.17) is 5.73 Å². The zero-order chi connectivity index (χ0) is 14.7. The summed E-state index contributed by atoms with van der Waals surface area (Å²) in [6.07, 6.45) is 1.78. The molecular weight excluding hydrogens is 262 g/mol. The normalized spacial score (nSPS) is 10.5. The number of benzene rings is 2. The maximum absolute atomic E-state index is 11.2. The third-order valence-electron chi connectivity index (χ3n) is 3.34. The van der Waals surface area contributed by atoms with E-state index in [1.165, 1.54) is 0 Å². The molecule has 0 aliphatic carbocycles. The summed E-state index contributed by atoms with van der Waals surface area (Å²) in [6, 6.07) is 17.2. The molecule has 0 aliphatic heterocycles. The standard InChI is InChI=1S/C17H15N3O/c18-17(21)13-5-1-4-12(10-13)11-20-16-8-2-7-15-14(16)6-3-9-19-15/h1-10,20H,11H2,(H2,18,21). The Kier molecular flexibility index (Phi) is 3.51. The van der Waals surface area contributed by atoms with Gasteiger partial charge in [0.05, 0.1) is 5.52 Å². The van der Waals surface area contributed by atoms with Gasteiger partial charge in [0, 0.05) is 29.4 Å². The summed E-state index contributed by atoms with van der Waals surface area (Å²) in [5, 5.41) is 4.45. The van der Waals surface area contributed by atoms with Crippen molar-refractivity contribution >= 4 is 22.5 Å². The monoisotopic (exact) mass is 277 g/mol. The zero-order valence-corrected chi connectivity index (χ0v) is 11.4. The van der Waals surface area contributed by atoms with Crippen LogP contribution in [0.4, 0.5) is 5.69 Å². The second-order valence-electron chi connectivity index (χ2n) is 4.79. The summed E-state index contributed by atoms with van der Waals surface area (Å²) in [5.74, 6) is -0.411. The van der Waals surface area contributed by atoms with Crippen molar-refractivity contribution in [2.24, 2.45) is 5.73 Å². The van der Waals surface area contributed by atoms with Crippen molar-refractivity contribution < 1.29 is 4.79 Å². The molecule has 3 aromatic rings. The van der Waals surface area contributed by atoms with Crippen molar-refractivity contribution in [3.8, 4) is 0 Å². The number of carbonyl (C=O) groups is 1. The summed E-state index contributed by atoms with van der Waals surface area (Å²) in [7, 11) is 0. The summed E-state index contributed by atoms with van der Waals surface area (Å²) in [6.45, 7) is 0.620. The number of nitrogens with one attached hydrogen (secondary N) is 1. The predicted octanol–water partition coefficient (Wildman–Crippen LogP) is 2.95. The summed E-state index contributed by atoms with van der Waals surface area (Å²) in [5.41, 5.74) is 8.80. The molecule has 1 heterocycles. The van der Waals surface area contributed by atoms with Crippen LogP contribution in [-0.2, 0) is 6.54 Å². The Labute approximate surface area is 122 Å². The number of anilines is 1. The molecular formula is C17H15N3O. The van der Waals surface area contributed by atoms with Crippen LogP contribution in [0.2, 0.25) is 0 Å². The Morgan fingerprint density at radius 1 is 1.10 bits per heavy atom. The number of rotatable bonds is 4. The lowest BCUT2D eigenvalue weighted by molar-refractivity contribution is 0.1000. The van der Waals surface area contributed by atoms with Crippen LogP contribution in [-0.4, -0.2) is 10.9 Å². The van der Waals surface area contributed by atoms with Crippen LogP contribution in [0.15, 0.2) is 60.8 Å². The molecule has 0 radical (unpaired) electrons. The molecule has 21 heavy (non-hydrogen) atoms. The first-order valence-corrected chi connectivity index (χ1v) is 6.70. The van der Waals surface area contributed by atoms with Gasteiger partial charge in [0.15, 0.2) is 0 Å². The molecule has 2 aromatic carbocycles. The molecule has 0 spiro atoms. The predicted molar refractivity (Wildman–Crippen MR) is 84.0 cm³/mol. The first-order chi connectivity index (χ1) is 10.2. The highest BCUT2D eigenvalue weighted by atomic mass is 16.1. The molecule has 0 aliphatic rings. The molecule has 0 saturated heterocycles. The SMILES string of the molecule is NC(=O)c1cccc(CNc2cccc3ncccc23)c1. The number of primary amides is 1. The largest absolute Gasteiger partial charge is 0.380 e. The Balaban J connectivity index is 1.84. The van der Waals surface area contributed by atoms with Gasteiger partial charge >= 0.3 is 0 Å². The third-order valence-corrected chi connectivity index (χ3v) is 3.34. The number of nitrogens with zero attached hydrogens (tertiary/aromatic N) is 1. The molecule has 3 N–H and O–H groups in total. The van der Waals surface area contributed by atoms with E-state index in [0.717, 1.165) is 22.2 Å². The lowest BCUT2D eigenvalue weighted by Gasteiger charge is -2.10. The number of nitrogens with two attached hydrogens (primary N) is 1. The van der Waals surface area contributed by atoms with E-state index < -0.39 is 5.91 Å². The van der Waals surface area contributed by atoms with Gasteiger partial charge in [0.1, 0.15) is 0 Å². The van der Waals surface area contributed by atoms with Crippen molar-refractivity contribution in [1.82, 2.24) is 4.98 Å². The van der Waals surface area contributed by atoms with Gasteiger partial charge in [-0.1, -0.05) is 18.2 Å². The van der Waals surface area contributed by atoms with Crippen molar-refractivity contribution in [2.45, 2.75) is 6.54 Å². The topological polar surface area (TPSA) is 68.0 Å². The highest BCUT2D eigenvalue weighted by Gasteiger charge is 2.03. The molecule has 4 heteroatoms. The van der Waals surface area contributed by atoms with Gasteiger partial charge in [0.2, 0.25) is 5.91 Å². The molecule has 104 valence electrons. The second kappa shape index (κ2) is 5.63. The highest BCUT2D eigenvalue weighted by molar-refractivity contribution is 5.93. The van der Waals surface area contributed by atoms with E-state index in [-0.39, 0.29) is 0 Å². The van der Waals surface area contributed by atoms with Gasteiger partial charge in [-0.15, -0.1) is 0 Å². The summed E-state index contributed by atoms with van der Waals surface area (Å²) < 4.78 is 0. The van der Waals surface area contributed by atoms with Gasteiger partial charge in [-0.2, -0.15) is 0 Å². The summed E-state index contributed by atoms with van der Waals surface area (Å²) in [4.78, 5) is 15.5. The van der Waals surface area contributed by atoms with Crippen molar-refractivity contribution in [1.29, 1.82) is 0 Å². The molecule has 0 fully saturated rings. The highest BCUT2D eigenvalue weighted by Crippen LogP contribution is 2.21. The molecule has 0 unspecified atom stereocenters. The zero-order valence-electron chi connectivity index (χ0n) is 11.4. The van der Waals surface area contributed by atoms with Crippen LogP contribution < -0.4 is 11.1 Å². The Morgan fingerprint density at radius 3 is 2.81 bits per heavy atom. The van der Waals surface area contributed by atoms with E-state index in [9.17, 15) is 4.79 Å². The number of fused-ring (bicyclic) bond motifs is 1. The maximum Gasteiger partial charge on any atom is 0.248 e. The van der Waals surface area contributed by atoms with Gasteiger partial charge in [0.25, 0.3) is 0 Å². The van der Waals surface area contributed by atoms with Crippen molar-refractivity contribution in [3.05, 3.63) is 71.9 Å². The first kappa shape index (κ1) is 13.1. The Morgan fingerprint density at radius 2 is 1.95 bits per heavy atom. The molecule has 3 rings (SSSR count). The number of hydrogen-bond acceptors (Lipinski definition) is 3. The first-order valence-electron chi connectivity index (χ1n) is 6.70. The van der Waals surface area contributed by atoms with E-state index >= 15 is 0 Å². The lowest BCUT2D eigenvalue weighted by atomic mass is 10.1. The smallest absolute Gasteiger partial charge is 0.248 e. The maximum atomic E-state index is 11.2. The van der Waals surface area contributed by atoms with E-state index in [2.05, 4.69) is 10.3 Å². The molecule has 0 atom stereocenters. The minimum Gasteiger partial charge on any atom is -0.380 e. The van der Waals surface area contributed by atoms with Crippen LogP contribution in [0.25, 0.3) is 10.9 Å². The van der Waals surface area contributed by atoms with Gasteiger partial charge < -0.3 is 11.1 Å². The quantitative estimate of drug-likeness (QED) is 0.770. The third kappa shape index (κ3) is 2.84. The number of carbonyl (C=O) groups excluding carboxylic acids is 1. The molecule has 0 saturated carbocycles.